The molecule has 0 saturated heterocycles. The van der Waals surface area contributed by atoms with Crippen molar-refractivity contribution in [1.29, 1.82) is 0 Å². The zero-order valence-electron chi connectivity index (χ0n) is 11.2. The molecule has 1 aromatic rings. The molecule has 1 aliphatic carbocycles. The third kappa shape index (κ3) is 3.30. The van der Waals surface area contributed by atoms with E-state index in [1.807, 2.05) is 24.3 Å². The van der Waals surface area contributed by atoms with E-state index in [2.05, 4.69) is 31.3 Å². The van der Waals surface area contributed by atoms with Crippen LogP contribution in [0.3, 0.4) is 0 Å². The minimum Gasteiger partial charge on any atom is -0.453 e. The lowest BCUT2D eigenvalue weighted by Crippen LogP contribution is -2.53. The van der Waals surface area contributed by atoms with Gasteiger partial charge >= 0.3 is 6.09 Å². The number of benzene rings is 1. The number of ether oxygens (including phenoxy) is 1. The normalized spacial score (nSPS) is 15.9. The van der Waals surface area contributed by atoms with Gasteiger partial charge in [0.2, 0.25) is 5.91 Å². The van der Waals surface area contributed by atoms with Crippen molar-refractivity contribution in [3.05, 3.63) is 34.3 Å². The molecule has 0 heterocycles. The Balaban J connectivity index is 1.99. The zero-order chi connectivity index (χ0) is 14.6. The van der Waals surface area contributed by atoms with Crippen LogP contribution >= 0.6 is 15.9 Å². The summed E-state index contributed by atoms with van der Waals surface area (Å²) in [7, 11) is 1.27. The van der Waals surface area contributed by atoms with Crippen LogP contribution in [0.1, 0.15) is 24.8 Å². The van der Waals surface area contributed by atoms with E-state index in [4.69, 9.17) is 0 Å². The molecular formula is C14H17BrN2O3. The van der Waals surface area contributed by atoms with Crippen molar-refractivity contribution in [1.82, 2.24) is 10.6 Å². The molecule has 1 aliphatic rings. The minimum atomic E-state index is -0.605. The maximum atomic E-state index is 11.9. The smallest absolute Gasteiger partial charge is 0.407 e. The molecule has 1 saturated carbocycles. The van der Waals surface area contributed by atoms with Gasteiger partial charge < -0.3 is 15.4 Å². The Bertz CT molecular complexity index is 498. The largest absolute Gasteiger partial charge is 0.453 e. The van der Waals surface area contributed by atoms with Gasteiger partial charge in [0.05, 0.1) is 12.6 Å². The maximum Gasteiger partial charge on any atom is 0.407 e. The number of halogens is 1. The van der Waals surface area contributed by atoms with Crippen molar-refractivity contribution in [2.45, 2.75) is 24.8 Å². The van der Waals surface area contributed by atoms with Gasteiger partial charge in [-0.25, -0.2) is 4.79 Å². The van der Waals surface area contributed by atoms with E-state index >= 15 is 0 Å². The molecule has 0 radical (unpaired) electrons. The van der Waals surface area contributed by atoms with E-state index in [9.17, 15) is 9.59 Å². The van der Waals surface area contributed by atoms with Crippen molar-refractivity contribution in [2.75, 3.05) is 13.7 Å². The number of hydrogen-bond acceptors (Lipinski definition) is 3. The molecule has 1 aromatic carbocycles. The Kier molecular flexibility index (Phi) is 4.65. The number of amides is 2. The van der Waals surface area contributed by atoms with Gasteiger partial charge in [-0.3, -0.25) is 4.79 Å². The number of nitrogens with one attached hydrogen (secondary N) is 2. The quantitative estimate of drug-likeness (QED) is 0.883. The van der Waals surface area contributed by atoms with Gasteiger partial charge in [0, 0.05) is 4.47 Å². The van der Waals surface area contributed by atoms with Crippen molar-refractivity contribution < 1.29 is 14.3 Å². The van der Waals surface area contributed by atoms with E-state index in [0.717, 1.165) is 29.3 Å². The fourth-order valence-electron chi connectivity index (χ4n) is 2.32. The fourth-order valence-corrected chi connectivity index (χ4v) is 2.59. The fraction of sp³-hybridized carbons (Fsp3) is 0.429. The molecule has 108 valence electrons. The Hall–Kier alpha value is -1.56. The molecule has 2 N–H and O–H groups in total. The van der Waals surface area contributed by atoms with Crippen LogP contribution in [0, 0.1) is 0 Å². The first-order chi connectivity index (χ1) is 9.55. The summed E-state index contributed by atoms with van der Waals surface area (Å²) in [6.45, 7) is -0.0784. The molecule has 2 rings (SSSR count). The van der Waals surface area contributed by atoms with Gasteiger partial charge in [-0.15, -0.1) is 0 Å². The summed E-state index contributed by atoms with van der Waals surface area (Å²) in [4.78, 5) is 22.9. The van der Waals surface area contributed by atoms with Gasteiger partial charge in [0.15, 0.2) is 0 Å². The minimum absolute atomic E-state index is 0.0784. The van der Waals surface area contributed by atoms with Crippen molar-refractivity contribution in [3.63, 3.8) is 0 Å². The van der Waals surface area contributed by atoms with E-state index in [1.165, 1.54) is 7.11 Å². The van der Waals surface area contributed by atoms with E-state index in [1.54, 1.807) is 0 Å². The molecule has 0 spiro atoms. The lowest BCUT2D eigenvalue weighted by molar-refractivity contribution is -0.123. The molecule has 6 heteroatoms. The van der Waals surface area contributed by atoms with Gasteiger partial charge in [-0.1, -0.05) is 28.1 Å². The highest BCUT2D eigenvalue weighted by Crippen LogP contribution is 2.41. The van der Waals surface area contributed by atoms with Gasteiger partial charge in [0.25, 0.3) is 0 Å². The van der Waals surface area contributed by atoms with Gasteiger partial charge in [-0.2, -0.15) is 0 Å². The summed E-state index contributed by atoms with van der Waals surface area (Å²) in [6.07, 6.45) is 2.31. The summed E-state index contributed by atoms with van der Waals surface area (Å²) >= 11 is 3.40. The lowest BCUT2D eigenvalue weighted by Gasteiger charge is -2.43. The highest BCUT2D eigenvalue weighted by Gasteiger charge is 2.39. The highest BCUT2D eigenvalue weighted by atomic mass is 79.9. The molecule has 1 fully saturated rings. The van der Waals surface area contributed by atoms with Crippen LogP contribution < -0.4 is 10.6 Å². The molecule has 0 atom stereocenters. The summed E-state index contributed by atoms with van der Waals surface area (Å²) in [5.41, 5.74) is 0.800. The second-order valence-electron chi connectivity index (χ2n) is 4.84. The molecule has 0 aromatic heterocycles. The monoisotopic (exact) mass is 340 g/mol. The van der Waals surface area contributed by atoms with E-state index in [0.29, 0.717) is 0 Å². The van der Waals surface area contributed by atoms with Crippen LogP contribution in [0.15, 0.2) is 28.7 Å². The molecule has 0 unspecified atom stereocenters. The highest BCUT2D eigenvalue weighted by molar-refractivity contribution is 9.10. The van der Waals surface area contributed by atoms with E-state index in [-0.39, 0.29) is 18.0 Å². The zero-order valence-corrected chi connectivity index (χ0v) is 12.8. The van der Waals surface area contributed by atoms with Crippen molar-refractivity contribution in [3.8, 4) is 0 Å². The van der Waals surface area contributed by atoms with Crippen LogP contribution in [0.2, 0.25) is 0 Å². The maximum absolute atomic E-state index is 11.9. The molecule has 0 bridgehead atoms. The van der Waals surface area contributed by atoms with Crippen LogP contribution in [-0.2, 0) is 15.1 Å². The SMILES string of the molecule is COC(=O)NCC(=O)NC1(c2ccc(Br)cc2)CCC1. The Labute approximate surface area is 126 Å². The molecular weight excluding hydrogens is 324 g/mol. The predicted octanol–water partition coefficient (Wildman–Crippen LogP) is 2.30. The van der Waals surface area contributed by atoms with E-state index < -0.39 is 6.09 Å². The molecule has 0 aliphatic heterocycles. The van der Waals surface area contributed by atoms with Crippen LogP contribution in [0.4, 0.5) is 4.79 Å². The first kappa shape index (κ1) is 14.8. The summed E-state index contributed by atoms with van der Waals surface area (Å²) in [6, 6.07) is 7.96. The Morgan fingerprint density at radius 3 is 2.45 bits per heavy atom. The third-order valence-electron chi connectivity index (χ3n) is 3.56. The average molecular weight is 341 g/mol. The van der Waals surface area contributed by atoms with Crippen molar-refractivity contribution >= 4 is 27.9 Å². The van der Waals surface area contributed by atoms with Crippen molar-refractivity contribution in [2.24, 2.45) is 0 Å². The summed E-state index contributed by atoms with van der Waals surface area (Å²) in [5.74, 6) is -0.210. The number of rotatable bonds is 4. The topological polar surface area (TPSA) is 67.4 Å². The number of hydrogen-bond donors (Lipinski definition) is 2. The first-order valence-corrected chi connectivity index (χ1v) is 7.24. The molecule has 2 amide bonds. The molecule has 20 heavy (non-hydrogen) atoms. The summed E-state index contributed by atoms with van der Waals surface area (Å²) < 4.78 is 5.44. The Morgan fingerprint density at radius 2 is 1.95 bits per heavy atom. The lowest BCUT2D eigenvalue weighted by atomic mass is 9.72. The first-order valence-electron chi connectivity index (χ1n) is 6.45. The second kappa shape index (κ2) is 6.26. The van der Waals surface area contributed by atoms with Gasteiger partial charge in [0.1, 0.15) is 6.54 Å². The molecule has 5 nitrogen and oxygen atoms in total. The van der Waals surface area contributed by atoms with Gasteiger partial charge in [-0.05, 0) is 37.0 Å². The van der Waals surface area contributed by atoms with Crippen LogP contribution in [-0.4, -0.2) is 25.7 Å². The third-order valence-corrected chi connectivity index (χ3v) is 4.09. The number of carbonyl (C=O) groups excluding carboxylic acids is 2. The summed E-state index contributed by atoms with van der Waals surface area (Å²) in [5, 5.41) is 5.40. The van der Waals surface area contributed by atoms with Crippen LogP contribution in [0.25, 0.3) is 0 Å². The Morgan fingerprint density at radius 1 is 1.30 bits per heavy atom. The standard InChI is InChI=1S/C14H17BrN2O3/c1-20-13(19)16-9-12(18)17-14(7-2-8-14)10-3-5-11(15)6-4-10/h3-6H,2,7-9H2,1H3,(H,16,19)(H,17,18). The second-order valence-corrected chi connectivity index (χ2v) is 5.75. The average Bonchev–Trinajstić information content (AvgIpc) is 2.41. The van der Waals surface area contributed by atoms with Crippen LogP contribution in [0.5, 0.6) is 0 Å². The predicted molar refractivity (Wildman–Crippen MR) is 78.2 cm³/mol. The number of carbonyl (C=O) groups is 2. The number of methoxy groups -OCH3 is 1. The number of alkyl carbamates (subject to hydrolysis) is 1.